The highest BCUT2D eigenvalue weighted by Crippen LogP contribution is 2.34. The number of halogens is 3. The van der Waals surface area contributed by atoms with Crippen molar-refractivity contribution in [1.82, 2.24) is 15.0 Å². The van der Waals surface area contributed by atoms with E-state index in [2.05, 4.69) is 15.0 Å². The van der Waals surface area contributed by atoms with Gasteiger partial charge in [0.05, 0.1) is 4.70 Å². The third-order valence-corrected chi connectivity index (χ3v) is 2.34. The zero-order valence-electron chi connectivity index (χ0n) is 6.04. The van der Waals surface area contributed by atoms with Crippen LogP contribution < -0.4 is 0 Å². The standard InChI is InChI=1S/C6H2F3N3S/c7-6(8,9)5-12-4-3(13-5)1-10-2-11-4/h1-2H. The minimum Gasteiger partial charge on any atom is -0.243 e. The highest BCUT2D eigenvalue weighted by molar-refractivity contribution is 7.18. The predicted octanol–water partition coefficient (Wildman–Crippen LogP) is 2.11. The Morgan fingerprint density at radius 3 is 2.69 bits per heavy atom. The first-order valence-electron chi connectivity index (χ1n) is 3.21. The van der Waals surface area contributed by atoms with E-state index in [1.54, 1.807) is 0 Å². The van der Waals surface area contributed by atoms with Gasteiger partial charge in [-0.05, 0) is 0 Å². The normalized spacial score (nSPS) is 12.2. The van der Waals surface area contributed by atoms with Crippen molar-refractivity contribution in [2.24, 2.45) is 0 Å². The molecule has 0 spiro atoms. The van der Waals surface area contributed by atoms with E-state index in [4.69, 9.17) is 0 Å². The number of fused-ring (bicyclic) bond motifs is 1. The lowest BCUT2D eigenvalue weighted by atomic mass is 10.6. The van der Waals surface area contributed by atoms with Crippen molar-refractivity contribution < 1.29 is 13.2 Å². The maximum absolute atomic E-state index is 12.1. The second-order valence-electron chi connectivity index (χ2n) is 2.23. The number of rotatable bonds is 0. The van der Waals surface area contributed by atoms with Gasteiger partial charge in [0, 0.05) is 6.20 Å². The summed E-state index contributed by atoms with van der Waals surface area (Å²) in [6.45, 7) is 0. The van der Waals surface area contributed by atoms with E-state index in [0.717, 1.165) is 0 Å². The molecule has 2 aromatic rings. The Labute approximate surface area is 74.3 Å². The van der Waals surface area contributed by atoms with Crippen molar-refractivity contribution in [2.45, 2.75) is 6.18 Å². The quantitative estimate of drug-likeness (QED) is 0.661. The van der Waals surface area contributed by atoms with Crippen molar-refractivity contribution in [1.29, 1.82) is 0 Å². The predicted molar refractivity (Wildman–Crippen MR) is 40.2 cm³/mol. The first-order chi connectivity index (χ1) is 6.07. The van der Waals surface area contributed by atoms with Gasteiger partial charge in [-0.1, -0.05) is 0 Å². The van der Waals surface area contributed by atoms with Crippen molar-refractivity contribution in [3.63, 3.8) is 0 Å². The molecule has 7 heteroatoms. The Bertz CT molecular complexity index is 403. The van der Waals surface area contributed by atoms with Gasteiger partial charge in [-0.15, -0.1) is 11.3 Å². The second kappa shape index (κ2) is 2.63. The van der Waals surface area contributed by atoms with E-state index in [-0.39, 0.29) is 5.65 Å². The second-order valence-corrected chi connectivity index (χ2v) is 3.26. The van der Waals surface area contributed by atoms with Crippen LogP contribution in [0.1, 0.15) is 5.01 Å². The van der Waals surface area contributed by atoms with Crippen LogP contribution in [0, 0.1) is 0 Å². The monoisotopic (exact) mass is 205 g/mol. The molecule has 0 aliphatic rings. The molecule has 2 aromatic heterocycles. The molecule has 13 heavy (non-hydrogen) atoms. The number of thiazole rings is 1. The van der Waals surface area contributed by atoms with Crippen LogP contribution in [0.5, 0.6) is 0 Å². The first kappa shape index (κ1) is 8.36. The lowest BCUT2D eigenvalue weighted by Gasteiger charge is -1.97. The third kappa shape index (κ3) is 1.46. The zero-order chi connectivity index (χ0) is 9.47. The molecular formula is C6H2F3N3S. The number of hydrogen-bond donors (Lipinski definition) is 0. The zero-order valence-corrected chi connectivity index (χ0v) is 6.85. The van der Waals surface area contributed by atoms with Crippen LogP contribution >= 0.6 is 11.3 Å². The number of hydrogen-bond acceptors (Lipinski definition) is 4. The van der Waals surface area contributed by atoms with Gasteiger partial charge in [-0.3, -0.25) is 0 Å². The summed E-state index contributed by atoms with van der Waals surface area (Å²) >= 11 is 0.543. The Hall–Kier alpha value is -1.24. The number of aromatic nitrogens is 3. The molecule has 0 radical (unpaired) electrons. The largest absolute Gasteiger partial charge is 0.443 e. The Kier molecular flexibility index (Phi) is 1.69. The molecule has 0 aliphatic carbocycles. The average molecular weight is 205 g/mol. The van der Waals surface area contributed by atoms with Crippen LogP contribution in [0.2, 0.25) is 0 Å². The van der Waals surface area contributed by atoms with Gasteiger partial charge in [0.1, 0.15) is 6.33 Å². The van der Waals surface area contributed by atoms with E-state index in [1.807, 2.05) is 0 Å². The van der Waals surface area contributed by atoms with E-state index in [1.165, 1.54) is 12.5 Å². The van der Waals surface area contributed by atoms with Crippen molar-refractivity contribution >= 4 is 21.7 Å². The third-order valence-electron chi connectivity index (χ3n) is 1.32. The van der Waals surface area contributed by atoms with Crippen LogP contribution in [-0.4, -0.2) is 15.0 Å². The average Bonchev–Trinajstić information content (AvgIpc) is 2.45. The molecule has 0 saturated heterocycles. The highest BCUT2D eigenvalue weighted by Gasteiger charge is 2.35. The fourth-order valence-corrected chi connectivity index (χ4v) is 1.57. The summed E-state index contributed by atoms with van der Waals surface area (Å²) in [5.74, 6) is 0. The van der Waals surface area contributed by atoms with E-state index in [9.17, 15) is 13.2 Å². The molecule has 0 saturated carbocycles. The number of alkyl halides is 3. The molecular weight excluding hydrogens is 203 g/mol. The van der Waals surface area contributed by atoms with Gasteiger partial charge < -0.3 is 0 Å². The summed E-state index contributed by atoms with van der Waals surface area (Å²) in [5, 5.41) is -0.886. The van der Waals surface area contributed by atoms with Gasteiger partial charge in [0.25, 0.3) is 0 Å². The molecule has 0 unspecified atom stereocenters. The fraction of sp³-hybridized carbons (Fsp3) is 0.167. The summed E-state index contributed by atoms with van der Waals surface area (Å²) in [6, 6.07) is 0. The van der Waals surface area contributed by atoms with Crippen molar-refractivity contribution in [2.75, 3.05) is 0 Å². The molecule has 3 nitrogen and oxygen atoms in total. The fourth-order valence-electron chi connectivity index (χ4n) is 0.811. The molecule has 0 atom stereocenters. The van der Waals surface area contributed by atoms with Gasteiger partial charge in [0.15, 0.2) is 5.65 Å². The minimum atomic E-state index is -4.40. The molecule has 68 valence electrons. The van der Waals surface area contributed by atoms with Crippen LogP contribution in [-0.2, 0) is 6.18 Å². The van der Waals surface area contributed by atoms with E-state index in [0.29, 0.717) is 16.0 Å². The maximum atomic E-state index is 12.1. The summed E-state index contributed by atoms with van der Waals surface area (Å²) in [4.78, 5) is 10.5. The molecule has 0 bridgehead atoms. The maximum Gasteiger partial charge on any atom is 0.443 e. The molecule has 0 amide bonds. The highest BCUT2D eigenvalue weighted by atomic mass is 32.1. The summed E-state index contributed by atoms with van der Waals surface area (Å²) in [5.41, 5.74) is 0.0901. The lowest BCUT2D eigenvalue weighted by Crippen LogP contribution is -2.03. The first-order valence-corrected chi connectivity index (χ1v) is 4.03. The molecule has 2 rings (SSSR count). The van der Waals surface area contributed by atoms with Gasteiger partial charge >= 0.3 is 6.18 Å². The van der Waals surface area contributed by atoms with Crippen LogP contribution in [0.3, 0.4) is 0 Å². The lowest BCUT2D eigenvalue weighted by molar-refractivity contribution is -0.137. The number of nitrogens with zero attached hydrogens (tertiary/aromatic N) is 3. The van der Waals surface area contributed by atoms with Crippen LogP contribution in [0.4, 0.5) is 13.2 Å². The Balaban J connectivity index is 2.63. The minimum absolute atomic E-state index is 0.0901. The van der Waals surface area contributed by atoms with E-state index < -0.39 is 11.2 Å². The smallest absolute Gasteiger partial charge is 0.243 e. The van der Waals surface area contributed by atoms with Crippen molar-refractivity contribution in [3.05, 3.63) is 17.5 Å². The van der Waals surface area contributed by atoms with Gasteiger partial charge in [-0.25, -0.2) is 15.0 Å². The van der Waals surface area contributed by atoms with Gasteiger partial charge in [0.2, 0.25) is 5.01 Å². The van der Waals surface area contributed by atoms with Crippen LogP contribution in [0.15, 0.2) is 12.5 Å². The summed E-state index contributed by atoms with van der Waals surface area (Å²) in [7, 11) is 0. The van der Waals surface area contributed by atoms with Crippen LogP contribution in [0.25, 0.3) is 10.3 Å². The molecule has 2 heterocycles. The Morgan fingerprint density at radius 1 is 1.31 bits per heavy atom. The van der Waals surface area contributed by atoms with E-state index >= 15 is 0 Å². The summed E-state index contributed by atoms with van der Waals surface area (Å²) < 4.78 is 36.7. The molecule has 0 fully saturated rings. The van der Waals surface area contributed by atoms with Crippen molar-refractivity contribution in [3.8, 4) is 0 Å². The molecule has 0 N–H and O–H groups in total. The SMILES string of the molecule is FC(F)(F)c1nc2ncncc2s1. The summed E-state index contributed by atoms with van der Waals surface area (Å²) in [6.07, 6.45) is -1.91. The molecule has 0 aromatic carbocycles. The van der Waals surface area contributed by atoms with Gasteiger partial charge in [-0.2, -0.15) is 13.2 Å². The topological polar surface area (TPSA) is 38.7 Å². The Morgan fingerprint density at radius 2 is 2.08 bits per heavy atom. The molecule has 0 aliphatic heterocycles.